The van der Waals surface area contributed by atoms with Crippen LogP contribution in [0, 0.1) is 5.92 Å². The zero-order valence-electron chi connectivity index (χ0n) is 13.1. The van der Waals surface area contributed by atoms with Gasteiger partial charge in [0.05, 0.1) is 10.0 Å². The van der Waals surface area contributed by atoms with E-state index in [4.69, 9.17) is 28.9 Å². The van der Waals surface area contributed by atoms with Gasteiger partial charge in [0.2, 0.25) is 5.91 Å². The summed E-state index contributed by atoms with van der Waals surface area (Å²) in [5.74, 6) is 0.320. The third-order valence-electron chi connectivity index (χ3n) is 3.16. The molecule has 0 aliphatic carbocycles. The average molecular weight is 345 g/mol. The second kappa shape index (κ2) is 8.86. The van der Waals surface area contributed by atoms with E-state index >= 15 is 0 Å². The topological polar surface area (TPSA) is 70.7 Å². The smallest absolute Gasteiger partial charge is 0.227 e. The third-order valence-corrected chi connectivity index (χ3v) is 3.90. The fraction of sp³-hybridized carbons (Fsp3) is 0.467. The largest absolute Gasteiger partial charge is 0.370 e. The Kier molecular flexibility index (Phi) is 7.48. The van der Waals surface area contributed by atoms with Gasteiger partial charge >= 0.3 is 0 Å². The SMILES string of the molecule is C[C@@H](CCCN=C(N)N(C)C)C(=O)Nc1ccc(Cl)c(Cl)c1. The zero-order valence-corrected chi connectivity index (χ0v) is 14.6. The Morgan fingerprint density at radius 2 is 2.05 bits per heavy atom. The van der Waals surface area contributed by atoms with Crippen LogP contribution in [0.1, 0.15) is 19.8 Å². The van der Waals surface area contributed by atoms with E-state index in [-0.39, 0.29) is 11.8 Å². The van der Waals surface area contributed by atoms with Crippen molar-refractivity contribution in [3.63, 3.8) is 0 Å². The molecule has 0 saturated heterocycles. The van der Waals surface area contributed by atoms with Crippen LogP contribution in [0.25, 0.3) is 0 Å². The molecule has 0 aliphatic heterocycles. The number of halogens is 2. The van der Waals surface area contributed by atoms with Gasteiger partial charge in [-0.2, -0.15) is 0 Å². The van der Waals surface area contributed by atoms with Crippen LogP contribution in [0.4, 0.5) is 5.69 Å². The van der Waals surface area contributed by atoms with Crippen molar-refractivity contribution in [1.82, 2.24) is 4.90 Å². The van der Waals surface area contributed by atoms with Gasteiger partial charge in [0.15, 0.2) is 5.96 Å². The first-order valence-corrected chi connectivity index (χ1v) is 7.80. The van der Waals surface area contributed by atoms with Crippen LogP contribution in [0.15, 0.2) is 23.2 Å². The normalized spacial score (nSPS) is 12.9. The molecule has 0 bridgehead atoms. The molecule has 0 saturated carbocycles. The minimum absolute atomic E-state index is 0.0528. The number of guanidine groups is 1. The summed E-state index contributed by atoms with van der Waals surface area (Å²) in [6.07, 6.45) is 1.53. The first-order valence-electron chi connectivity index (χ1n) is 7.04. The zero-order chi connectivity index (χ0) is 16.7. The molecule has 1 aromatic rings. The molecule has 0 aliphatic rings. The summed E-state index contributed by atoms with van der Waals surface area (Å²) < 4.78 is 0. The van der Waals surface area contributed by atoms with Gasteiger partial charge in [0, 0.05) is 32.2 Å². The van der Waals surface area contributed by atoms with Crippen molar-refractivity contribution in [2.24, 2.45) is 16.6 Å². The summed E-state index contributed by atoms with van der Waals surface area (Å²) >= 11 is 11.8. The van der Waals surface area contributed by atoms with Crippen LogP contribution in [0.2, 0.25) is 10.0 Å². The molecule has 1 atom stereocenters. The Labute approximate surface area is 141 Å². The van der Waals surface area contributed by atoms with Gasteiger partial charge in [-0.1, -0.05) is 30.1 Å². The second-order valence-electron chi connectivity index (χ2n) is 5.30. The fourth-order valence-electron chi connectivity index (χ4n) is 1.70. The van der Waals surface area contributed by atoms with Gasteiger partial charge in [-0.15, -0.1) is 0 Å². The first kappa shape index (κ1) is 18.6. The molecule has 1 aromatic carbocycles. The van der Waals surface area contributed by atoms with Gasteiger partial charge < -0.3 is 16.0 Å². The Morgan fingerprint density at radius 1 is 1.36 bits per heavy atom. The molecule has 122 valence electrons. The van der Waals surface area contributed by atoms with Gasteiger partial charge in [-0.05, 0) is 31.0 Å². The lowest BCUT2D eigenvalue weighted by Crippen LogP contribution is -2.30. The van der Waals surface area contributed by atoms with E-state index in [9.17, 15) is 4.79 Å². The van der Waals surface area contributed by atoms with E-state index in [1.165, 1.54) is 0 Å². The Hall–Kier alpha value is -1.46. The van der Waals surface area contributed by atoms with Crippen molar-refractivity contribution in [2.75, 3.05) is 26.0 Å². The van der Waals surface area contributed by atoms with Crippen molar-refractivity contribution < 1.29 is 4.79 Å². The van der Waals surface area contributed by atoms with E-state index in [2.05, 4.69) is 10.3 Å². The van der Waals surface area contributed by atoms with Crippen LogP contribution in [-0.4, -0.2) is 37.4 Å². The predicted octanol–water partition coefficient (Wildman–Crippen LogP) is 3.22. The van der Waals surface area contributed by atoms with Crippen LogP contribution in [0.5, 0.6) is 0 Å². The molecular weight excluding hydrogens is 323 g/mol. The molecule has 0 heterocycles. The molecule has 0 spiro atoms. The van der Waals surface area contributed by atoms with E-state index in [1.807, 2.05) is 21.0 Å². The van der Waals surface area contributed by atoms with Crippen molar-refractivity contribution in [3.8, 4) is 0 Å². The highest BCUT2D eigenvalue weighted by Gasteiger charge is 2.13. The first-order chi connectivity index (χ1) is 10.3. The monoisotopic (exact) mass is 344 g/mol. The molecule has 0 unspecified atom stereocenters. The summed E-state index contributed by atoms with van der Waals surface area (Å²) in [5.41, 5.74) is 6.33. The number of nitrogens with one attached hydrogen (secondary N) is 1. The van der Waals surface area contributed by atoms with E-state index in [0.717, 1.165) is 12.8 Å². The van der Waals surface area contributed by atoms with Crippen LogP contribution < -0.4 is 11.1 Å². The van der Waals surface area contributed by atoms with Gasteiger partial charge in [0.1, 0.15) is 0 Å². The molecule has 3 N–H and O–H groups in total. The highest BCUT2D eigenvalue weighted by atomic mass is 35.5. The molecule has 1 rings (SSSR count). The maximum absolute atomic E-state index is 12.1. The lowest BCUT2D eigenvalue weighted by atomic mass is 10.0. The summed E-state index contributed by atoms with van der Waals surface area (Å²) in [4.78, 5) is 18.1. The number of amides is 1. The molecule has 1 amide bonds. The Bertz CT molecular complexity index is 546. The third kappa shape index (κ3) is 6.12. The summed E-state index contributed by atoms with van der Waals surface area (Å²) in [5, 5.41) is 3.71. The van der Waals surface area contributed by atoms with Crippen LogP contribution in [0.3, 0.4) is 0 Å². The molecule has 22 heavy (non-hydrogen) atoms. The van der Waals surface area contributed by atoms with E-state index in [1.54, 1.807) is 23.1 Å². The molecule has 0 aromatic heterocycles. The lowest BCUT2D eigenvalue weighted by Gasteiger charge is -2.13. The van der Waals surface area contributed by atoms with Crippen molar-refractivity contribution in [2.45, 2.75) is 19.8 Å². The quantitative estimate of drug-likeness (QED) is 0.472. The standard InChI is InChI=1S/C15H22Cl2N4O/c1-10(5-4-8-19-15(18)21(2)3)14(22)20-11-6-7-12(16)13(17)9-11/h6-7,9-10H,4-5,8H2,1-3H3,(H2,18,19)(H,20,22)/t10-/m0/s1. The molecule has 7 heteroatoms. The van der Waals surface area contributed by atoms with Crippen molar-refractivity contribution >= 4 is 40.8 Å². The lowest BCUT2D eigenvalue weighted by molar-refractivity contribution is -0.119. The highest BCUT2D eigenvalue weighted by Crippen LogP contribution is 2.25. The number of nitrogens with two attached hydrogens (primary N) is 1. The number of hydrogen-bond donors (Lipinski definition) is 2. The number of rotatable bonds is 6. The van der Waals surface area contributed by atoms with Crippen LogP contribution in [-0.2, 0) is 4.79 Å². The summed E-state index contributed by atoms with van der Waals surface area (Å²) in [7, 11) is 3.68. The maximum Gasteiger partial charge on any atom is 0.227 e. The number of hydrogen-bond acceptors (Lipinski definition) is 2. The number of carbonyl (C=O) groups excluding carboxylic acids is 1. The minimum Gasteiger partial charge on any atom is -0.370 e. The molecular formula is C15H22Cl2N4O. The highest BCUT2D eigenvalue weighted by molar-refractivity contribution is 6.42. The van der Waals surface area contributed by atoms with Crippen LogP contribution >= 0.6 is 23.2 Å². The Balaban J connectivity index is 2.42. The van der Waals surface area contributed by atoms with Gasteiger partial charge in [-0.3, -0.25) is 9.79 Å². The minimum atomic E-state index is -0.120. The summed E-state index contributed by atoms with van der Waals surface area (Å²) in [6.45, 7) is 2.49. The van der Waals surface area contributed by atoms with Crippen molar-refractivity contribution in [3.05, 3.63) is 28.2 Å². The number of carbonyl (C=O) groups is 1. The maximum atomic E-state index is 12.1. The van der Waals surface area contributed by atoms with Crippen molar-refractivity contribution in [1.29, 1.82) is 0 Å². The molecule has 5 nitrogen and oxygen atoms in total. The predicted molar refractivity (Wildman–Crippen MR) is 93.7 cm³/mol. The fourth-order valence-corrected chi connectivity index (χ4v) is 2.00. The van der Waals surface area contributed by atoms with E-state index < -0.39 is 0 Å². The number of benzene rings is 1. The van der Waals surface area contributed by atoms with Gasteiger partial charge in [-0.25, -0.2) is 0 Å². The van der Waals surface area contributed by atoms with Gasteiger partial charge in [0.25, 0.3) is 0 Å². The Morgan fingerprint density at radius 3 is 2.64 bits per heavy atom. The van der Waals surface area contributed by atoms with E-state index in [0.29, 0.717) is 28.2 Å². The molecule has 0 fully saturated rings. The molecule has 0 radical (unpaired) electrons. The number of nitrogens with zero attached hydrogens (tertiary/aromatic N) is 2. The average Bonchev–Trinajstić information content (AvgIpc) is 2.46. The second-order valence-corrected chi connectivity index (χ2v) is 6.11. The number of anilines is 1. The summed E-state index contributed by atoms with van der Waals surface area (Å²) in [6, 6.07) is 5.01. The number of aliphatic imine (C=N–C) groups is 1.